The van der Waals surface area contributed by atoms with Crippen LogP contribution < -0.4 is 5.32 Å². The van der Waals surface area contributed by atoms with Crippen molar-refractivity contribution in [3.63, 3.8) is 0 Å². The molecule has 3 heteroatoms. The highest BCUT2D eigenvalue weighted by atomic mass is 35.5. The van der Waals surface area contributed by atoms with Gasteiger partial charge in [-0.1, -0.05) is 23.2 Å². The van der Waals surface area contributed by atoms with E-state index in [2.05, 4.69) is 30.4 Å². The molecule has 0 fully saturated rings. The Morgan fingerprint density at radius 1 is 1.25 bits per heavy atom. The molecule has 0 bridgehead atoms. The topological polar surface area (TPSA) is 12.0 Å². The van der Waals surface area contributed by atoms with Gasteiger partial charge in [0.05, 0.1) is 0 Å². The van der Waals surface area contributed by atoms with Gasteiger partial charge in [-0.3, -0.25) is 0 Å². The predicted molar refractivity (Wildman–Crippen MR) is 72.3 cm³/mol. The van der Waals surface area contributed by atoms with Gasteiger partial charge in [0, 0.05) is 26.9 Å². The number of hydrogen-bond donors (Lipinski definition) is 1. The average molecular weight is 252 g/mol. The van der Waals surface area contributed by atoms with Crippen molar-refractivity contribution in [1.29, 1.82) is 0 Å². The second kappa shape index (κ2) is 5.00. The van der Waals surface area contributed by atoms with Gasteiger partial charge in [-0.25, -0.2) is 0 Å². The Hall–Kier alpha value is -0.830. The molecular formula is C13H14ClNS. The number of hydrogen-bond acceptors (Lipinski definition) is 2. The average Bonchev–Trinajstić information content (AvgIpc) is 2.71. The summed E-state index contributed by atoms with van der Waals surface area (Å²) in [5, 5.41) is 3.97. The van der Waals surface area contributed by atoms with Crippen molar-refractivity contribution >= 4 is 22.9 Å². The van der Waals surface area contributed by atoms with E-state index in [9.17, 15) is 0 Å². The third-order valence-electron chi connectivity index (χ3n) is 2.40. The normalized spacial score (nSPS) is 10.7. The van der Waals surface area contributed by atoms with Crippen LogP contribution in [0.5, 0.6) is 0 Å². The summed E-state index contributed by atoms with van der Waals surface area (Å²) in [4.78, 5) is 2.56. The number of rotatable bonds is 3. The van der Waals surface area contributed by atoms with E-state index in [1.54, 1.807) is 11.3 Å². The van der Waals surface area contributed by atoms with Gasteiger partial charge in [0.1, 0.15) is 0 Å². The SMILES string of the molecule is CNCc1ccc(-c2cc(C)ccc2Cl)s1. The lowest BCUT2D eigenvalue weighted by atomic mass is 10.1. The summed E-state index contributed by atoms with van der Waals surface area (Å²) in [7, 11) is 1.96. The number of benzene rings is 1. The first kappa shape index (κ1) is 11.6. The Morgan fingerprint density at radius 2 is 2.06 bits per heavy atom. The van der Waals surface area contributed by atoms with E-state index < -0.39 is 0 Å². The monoisotopic (exact) mass is 251 g/mol. The van der Waals surface area contributed by atoms with Crippen molar-refractivity contribution < 1.29 is 0 Å². The highest BCUT2D eigenvalue weighted by Crippen LogP contribution is 2.33. The highest BCUT2D eigenvalue weighted by molar-refractivity contribution is 7.15. The third kappa shape index (κ3) is 2.46. The van der Waals surface area contributed by atoms with Gasteiger partial charge in [0.25, 0.3) is 0 Å². The van der Waals surface area contributed by atoms with Crippen molar-refractivity contribution in [3.05, 3.63) is 45.8 Å². The zero-order chi connectivity index (χ0) is 11.5. The summed E-state index contributed by atoms with van der Waals surface area (Å²) in [6.45, 7) is 3.00. The second-order valence-corrected chi connectivity index (χ2v) is 5.36. The molecule has 1 N–H and O–H groups in total. The molecule has 16 heavy (non-hydrogen) atoms. The van der Waals surface area contributed by atoms with Gasteiger partial charge < -0.3 is 5.32 Å². The molecule has 0 saturated carbocycles. The van der Waals surface area contributed by atoms with Crippen LogP contribution in [-0.2, 0) is 6.54 Å². The van der Waals surface area contributed by atoms with Crippen molar-refractivity contribution in [2.24, 2.45) is 0 Å². The van der Waals surface area contributed by atoms with E-state index >= 15 is 0 Å². The standard InChI is InChI=1S/C13H14ClNS/c1-9-3-5-12(14)11(7-9)13-6-4-10(16-13)8-15-2/h3-7,15H,8H2,1-2H3. The fourth-order valence-corrected chi connectivity index (χ4v) is 2.95. The van der Waals surface area contributed by atoms with Crippen LogP contribution in [0, 0.1) is 6.92 Å². The van der Waals surface area contributed by atoms with Crippen molar-refractivity contribution in [2.75, 3.05) is 7.05 Å². The summed E-state index contributed by atoms with van der Waals surface area (Å²) < 4.78 is 0. The molecular weight excluding hydrogens is 238 g/mol. The van der Waals surface area contributed by atoms with Crippen LogP contribution in [0.15, 0.2) is 30.3 Å². The lowest BCUT2D eigenvalue weighted by Crippen LogP contribution is -2.02. The lowest BCUT2D eigenvalue weighted by Gasteiger charge is -2.02. The summed E-state index contributed by atoms with van der Waals surface area (Å²) >= 11 is 7.99. The minimum Gasteiger partial charge on any atom is -0.315 e. The Balaban J connectivity index is 2.38. The molecule has 0 amide bonds. The fourth-order valence-electron chi connectivity index (χ4n) is 1.62. The zero-order valence-corrected chi connectivity index (χ0v) is 11.0. The molecule has 2 aromatic rings. The number of aryl methyl sites for hydroxylation is 1. The molecule has 0 aliphatic carbocycles. The van der Waals surface area contributed by atoms with Crippen LogP contribution in [0.25, 0.3) is 10.4 Å². The molecule has 1 nitrogen and oxygen atoms in total. The first-order chi connectivity index (χ1) is 7.70. The molecule has 0 saturated heterocycles. The minimum absolute atomic E-state index is 0.823. The lowest BCUT2D eigenvalue weighted by molar-refractivity contribution is 0.831. The summed E-state index contributed by atoms with van der Waals surface area (Å²) in [6, 6.07) is 10.4. The first-order valence-electron chi connectivity index (χ1n) is 5.20. The summed E-state index contributed by atoms with van der Waals surface area (Å²) in [5.41, 5.74) is 2.37. The second-order valence-electron chi connectivity index (χ2n) is 3.78. The Kier molecular flexibility index (Phi) is 3.64. The number of halogens is 1. The van der Waals surface area contributed by atoms with Gasteiger partial charge in [0.2, 0.25) is 0 Å². The molecule has 0 aliphatic rings. The van der Waals surface area contributed by atoms with E-state index in [4.69, 9.17) is 11.6 Å². The quantitative estimate of drug-likeness (QED) is 0.866. The molecule has 2 rings (SSSR count). The van der Waals surface area contributed by atoms with Crippen LogP contribution in [-0.4, -0.2) is 7.05 Å². The first-order valence-corrected chi connectivity index (χ1v) is 6.40. The van der Waals surface area contributed by atoms with E-state index in [1.165, 1.54) is 15.3 Å². The van der Waals surface area contributed by atoms with Crippen LogP contribution in [0.3, 0.4) is 0 Å². The van der Waals surface area contributed by atoms with Crippen molar-refractivity contribution in [2.45, 2.75) is 13.5 Å². The zero-order valence-electron chi connectivity index (χ0n) is 9.38. The van der Waals surface area contributed by atoms with Crippen molar-refractivity contribution in [3.8, 4) is 10.4 Å². The Labute approximate surface area is 105 Å². The van der Waals surface area contributed by atoms with Crippen LogP contribution in [0.1, 0.15) is 10.4 Å². The summed E-state index contributed by atoms with van der Waals surface area (Å²) in [5.74, 6) is 0. The maximum Gasteiger partial charge on any atom is 0.0492 e. The van der Waals surface area contributed by atoms with E-state index in [0.29, 0.717) is 0 Å². The highest BCUT2D eigenvalue weighted by Gasteiger charge is 2.06. The van der Waals surface area contributed by atoms with E-state index in [1.807, 2.05) is 19.2 Å². The fraction of sp³-hybridized carbons (Fsp3) is 0.231. The van der Waals surface area contributed by atoms with Crippen LogP contribution >= 0.6 is 22.9 Å². The van der Waals surface area contributed by atoms with Gasteiger partial charge >= 0.3 is 0 Å². The van der Waals surface area contributed by atoms with Gasteiger partial charge in [-0.2, -0.15) is 0 Å². The van der Waals surface area contributed by atoms with Crippen molar-refractivity contribution in [1.82, 2.24) is 5.32 Å². The molecule has 1 aromatic carbocycles. The Bertz CT molecular complexity index is 490. The molecule has 0 spiro atoms. The van der Waals surface area contributed by atoms with Crippen LogP contribution in [0.2, 0.25) is 5.02 Å². The van der Waals surface area contributed by atoms with Gasteiger partial charge in [0.15, 0.2) is 0 Å². The minimum atomic E-state index is 0.823. The molecule has 0 atom stereocenters. The predicted octanol–water partition coefficient (Wildman–Crippen LogP) is 4.10. The molecule has 1 aromatic heterocycles. The summed E-state index contributed by atoms with van der Waals surface area (Å²) in [6.07, 6.45) is 0. The van der Waals surface area contributed by atoms with Gasteiger partial charge in [-0.05, 0) is 38.2 Å². The van der Waals surface area contributed by atoms with E-state index in [-0.39, 0.29) is 0 Å². The van der Waals surface area contributed by atoms with Crippen LogP contribution in [0.4, 0.5) is 0 Å². The third-order valence-corrected chi connectivity index (χ3v) is 3.85. The maximum atomic E-state index is 6.21. The molecule has 0 aliphatic heterocycles. The smallest absolute Gasteiger partial charge is 0.0492 e. The number of thiophene rings is 1. The largest absolute Gasteiger partial charge is 0.315 e. The number of nitrogens with one attached hydrogen (secondary N) is 1. The molecule has 84 valence electrons. The molecule has 0 radical (unpaired) electrons. The molecule has 1 heterocycles. The molecule has 0 unspecified atom stereocenters. The maximum absolute atomic E-state index is 6.21. The van der Waals surface area contributed by atoms with Gasteiger partial charge in [-0.15, -0.1) is 11.3 Å². The Morgan fingerprint density at radius 3 is 2.81 bits per heavy atom. The van der Waals surface area contributed by atoms with E-state index in [0.717, 1.165) is 17.1 Å².